The van der Waals surface area contributed by atoms with E-state index in [9.17, 15) is 5.11 Å². The summed E-state index contributed by atoms with van der Waals surface area (Å²) in [5.74, 6) is 0.756. The van der Waals surface area contributed by atoms with Crippen molar-refractivity contribution < 1.29 is 5.11 Å². The minimum Gasteiger partial charge on any atom is -0.397 e. The first kappa shape index (κ1) is 8.44. The molecule has 1 atom stereocenters. The highest BCUT2D eigenvalue weighted by Gasteiger charge is 2.32. The van der Waals surface area contributed by atoms with E-state index in [1.54, 1.807) is 12.4 Å². The van der Waals surface area contributed by atoms with Gasteiger partial charge in [-0.1, -0.05) is 0 Å². The summed E-state index contributed by atoms with van der Waals surface area (Å²) in [6, 6.07) is 0. The number of aromatic nitrogens is 2. The molecule has 4 nitrogen and oxygen atoms in total. The van der Waals surface area contributed by atoms with E-state index < -0.39 is 0 Å². The monoisotopic (exact) mass is 179 g/mol. The van der Waals surface area contributed by atoms with Crippen LogP contribution in [0.2, 0.25) is 0 Å². The number of rotatable bonds is 3. The van der Waals surface area contributed by atoms with Crippen LogP contribution < -0.4 is 5.73 Å². The highest BCUT2D eigenvalue weighted by molar-refractivity contribution is 5.45. The van der Waals surface area contributed by atoms with Gasteiger partial charge < -0.3 is 10.8 Å². The zero-order valence-electron chi connectivity index (χ0n) is 7.35. The van der Waals surface area contributed by atoms with Gasteiger partial charge in [0, 0.05) is 11.5 Å². The van der Waals surface area contributed by atoms with E-state index in [-0.39, 0.29) is 12.5 Å². The Morgan fingerprint density at radius 3 is 2.69 bits per heavy atom. The fourth-order valence-corrected chi connectivity index (χ4v) is 1.65. The molecule has 1 aromatic rings. The van der Waals surface area contributed by atoms with Crippen LogP contribution in [0, 0.1) is 5.92 Å². The van der Waals surface area contributed by atoms with Gasteiger partial charge in [0.05, 0.1) is 24.7 Å². The second kappa shape index (κ2) is 3.30. The molecule has 1 aliphatic carbocycles. The summed E-state index contributed by atoms with van der Waals surface area (Å²) in [5, 5.41) is 16.7. The zero-order chi connectivity index (χ0) is 9.26. The molecule has 13 heavy (non-hydrogen) atoms. The highest BCUT2D eigenvalue weighted by atomic mass is 16.3. The van der Waals surface area contributed by atoms with Crippen LogP contribution in [0.25, 0.3) is 0 Å². The third kappa shape index (κ3) is 1.62. The summed E-state index contributed by atoms with van der Waals surface area (Å²) in [6.45, 7) is 0.153. The Kier molecular flexibility index (Phi) is 2.14. The predicted molar refractivity (Wildman–Crippen MR) is 49.0 cm³/mol. The molecule has 1 aromatic heterocycles. The fraction of sp³-hybridized carbons (Fsp3) is 0.556. The first-order chi connectivity index (χ1) is 6.33. The van der Waals surface area contributed by atoms with Crippen molar-refractivity contribution in [3.8, 4) is 0 Å². The lowest BCUT2D eigenvalue weighted by Crippen LogP contribution is -2.10. The molecule has 1 aliphatic rings. The van der Waals surface area contributed by atoms with Crippen molar-refractivity contribution in [2.45, 2.75) is 18.8 Å². The van der Waals surface area contributed by atoms with Gasteiger partial charge in [-0.15, -0.1) is 0 Å². The largest absolute Gasteiger partial charge is 0.397 e. The van der Waals surface area contributed by atoms with Crippen LogP contribution in [0.5, 0.6) is 0 Å². The second-order valence-electron chi connectivity index (χ2n) is 3.53. The number of aliphatic hydroxyl groups excluding tert-OH is 1. The van der Waals surface area contributed by atoms with Gasteiger partial charge in [-0.25, -0.2) is 0 Å². The Morgan fingerprint density at radius 2 is 2.15 bits per heavy atom. The van der Waals surface area contributed by atoms with Gasteiger partial charge in [-0.05, 0) is 18.8 Å². The van der Waals surface area contributed by atoms with Crippen LogP contribution >= 0.6 is 0 Å². The van der Waals surface area contributed by atoms with Gasteiger partial charge in [0.1, 0.15) is 0 Å². The SMILES string of the molecule is Nc1cnncc1C(CO)C1CC1. The van der Waals surface area contributed by atoms with Crippen LogP contribution in [0.3, 0.4) is 0 Å². The normalized spacial score (nSPS) is 18.5. The van der Waals surface area contributed by atoms with Crippen molar-refractivity contribution in [1.29, 1.82) is 0 Å². The number of hydrogen-bond acceptors (Lipinski definition) is 4. The van der Waals surface area contributed by atoms with E-state index in [1.165, 1.54) is 12.8 Å². The van der Waals surface area contributed by atoms with Crippen LogP contribution in [0.15, 0.2) is 12.4 Å². The topological polar surface area (TPSA) is 72.0 Å². The van der Waals surface area contributed by atoms with E-state index in [0.717, 1.165) is 5.56 Å². The van der Waals surface area contributed by atoms with Gasteiger partial charge in [0.15, 0.2) is 0 Å². The third-order valence-electron chi connectivity index (χ3n) is 2.58. The molecule has 0 amide bonds. The number of anilines is 1. The summed E-state index contributed by atoms with van der Waals surface area (Å²) in [4.78, 5) is 0. The van der Waals surface area contributed by atoms with Gasteiger partial charge in [0.25, 0.3) is 0 Å². The molecule has 0 bridgehead atoms. The summed E-state index contributed by atoms with van der Waals surface area (Å²) in [6.07, 6.45) is 5.58. The predicted octanol–water partition coefficient (Wildman–Crippen LogP) is 0.545. The van der Waals surface area contributed by atoms with Gasteiger partial charge in [-0.3, -0.25) is 0 Å². The standard InChI is InChI=1S/C9H13N3O/c10-9-4-12-11-3-7(9)8(5-13)6-1-2-6/h3-4,6,8,13H,1-2,5H2,(H2,10,11). The van der Waals surface area contributed by atoms with Crippen LogP contribution in [0.4, 0.5) is 5.69 Å². The van der Waals surface area contributed by atoms with E-state index in [1.807, 2.05) is 0 Å². The Balaban J connectivity index is 2.26. The van der Waals surface area contributed by atoms with Crippen LogP contribution in [0.1, 0.15) is 24.3 Å². The lowest BCUT2D eigenvalue weighted by atomic mass is 9.96. The smallest absolute Gasteiger partial charge is 0.0728 e. The minimum atomic E-state index is 0.153. The zero-order valence-corrected chi connectivity index (χ0v) is 7.35. The average molecular weight is 179 g/mol. The quantitative estimate of drug-likeness (QED) is 0.710. The second-order valence-corrected chi connectivity index (χ2v) is 3.53. The van der Waals surface area contributed by atoms with E-state index in [4.69, 9.17) is 5.73 Å². The van der Waals surface area contributed by atoms with Gasteiger partial charge in [-0.2, -0.15) is 10.2 Å². The van der Waals surface area contributed by atoms with E-state index >= 15 is 0 Å². The molecule has 70 valence electrons. The Morgan fingerprint density at radius 1 is 1.46 bits per heavy atom. The molecule has 1 saturated carbocycles. The molecule has 1 fully saturated rings. The fourth-order valence-electron chi connectivity index (χ4n) is 1.65. The van der Waals surface area contributed by atoms with Crippen LogP contribution in [-0.4, -0.2) is 21.9 Å². The van der Waals surface area contributed by atoms with Gasteiger partial charge in [0.2, 0.25) is 0 Å². The molecular formula is C9H13N3O. The van der Waals surface area contributed by atoms with Crippen molar-refractivity contribution in [2.75, 3.05) is 12.3 Å². The summed E-state index contributed by atoms with van der Waals surface area (Å²) < 4.78 is 0. The molecule has 0 aromatic carbocycles. The molecule has 1 heterocycles. The summed E-state index contributed by atoms with van der Waals surface area (Å²) in [7, 11) is 0. The molecule has 4 heteroatoms. The first-order valence-corrected chi connectivity index (χ1v) is 4.50. The molecule has 0 radical (unpaired) electrons. The molecule has 2 rings (SSSR count). The van der Waals surface area contributed by atoms with Crippen molar-refractivity contribution in [3.05, 3.63) is 18.0 Å². The maximum atomic E-state index is 9.21. The summed E-state index contributed by atoms with van der Waals surface area (Å²) in [5.41, 5.74) is 7.33. The van der Waals surface area contributed by atoms with Gasteiger partial charge >= 0.3 is 0 Å². The number of nitrogens with two attached hydrogens (primary N) is 1. The molecule has 0 saturated heterocycles. The maximum Gasteiger partial charge on any atom is 0.0728 e. The number of nitrogen functional groups attached to an aromatic ring is 1. The Labute approximate surface area is 76.8 Å². The Bertz CT molecular complexity index is 299. The van der Waals surface area contributed by atoms with Crippen LogP contribution in [-0.2, 0) is 0 Å². The minimum absolute atomic E-state index is 0.153. The molecular weight excluding hydrogens is 166 g/mol. The molecule has 0 spiro atoms. The molecule has 0 aliphatic heterocycles. The van der Waals surface area contributed by atoms with Crippen molar-refractivity contribution in [3.63, 3.8) is 0 Å². The van der Waals surface area contributed by atoms with E-state index in [0.29, 0.717) is 11.6 Å². The van der Waals surface area contributed by atoms with Crippen molar-refractivity contribution in [1.82, 2.24) is 10.2 Å². The van der Waals surface area contributed by atoms with Crippen molar-refractivity contribution in [2.24, 2.45) is 5.92 Å². The highest BCUT2D eigenvalue weighted by Crippen LogP contribution is 2.43. The summed E-state index contributed by atoms with van der Waals surface area (Å²) >= 11 is 0. The Hall–Kier alpha value is -1.16. The lowest BCUT2D eigenvalue weighted by molar-refractivity contribution is 0.253. The van der Waals surface area contributed by atoms with Crippen molar-refractivity contribution >= 4 is 5.69 Å². The lowest BCUT2D eigenvalue weighted by Gasteiger charge is -2.14. The maximum absolute atomic E-state index is 9.21. The third-order valence-corrected chi connectivity index (χ3v) is 2.58. The number of hydrogen-bond donors (Lipinski definition) is 2. The molecule has 3 N–H and O–H groups in total. The number of nitrogens with zero attached hydrogens (tertiary/aromatic N) is 2. The van der Waals surface area contributed by atoms with E-state index in [2.05, 4.69) is 10.2 Å². The average Bonchev–Trinajstić information content (AvgIpc) is 2.93. The number of aliphatic hydroxyl groups is 1. The first-order valence-electron chi connectivity index (χ1n) is 4.50. The molecule has 1 unspecified atom stereocenters.